The van der Waals surface area contributed by atoms with Crippen LogP contribution in [0.5, 0.6) is 11.5 Å². The highest BCUT2D eigenvalue weighted by molar-refractivity contribution is 6.30. The van der Waals surface area contributed by atoms with E-state index in [1.165, 1.54) is 5.56 Å². The Balaban J connectivity index is 1.44. The fourth-order valence-electron chi connectivity index (χ4n) is 5.84. The lowest BCUT2D eigenvalue weighted by molar-refractivity contribution is -0.135. The van der Waals surface area contributed by atoms with Gasteiger partial charge in [-0.3, -0.25) is 9.59 Å². The standard InChI is InChI=1S/C27H32ClN3O4/c1-17-7-8-18(28)14-22(17)29-10-12-30(13-11-29)27(33)25-19-15-23(34-2)24(35-3)16-20(19)26(32)31-9-5-4-6-21(25)31/h7-8,14-16,21,25H,4-6,9-13H2,1-3H3. The maximum absolute atomic E-state index is 14.1. The van der Waals surface area contributed by atoms with Crippen molar-refractivity contribution < 1.29 is 19.1 Å². The van der Waals surface area contributed by atoms with E-state index in [0.29, 0.717) is 41.7 Å². The molecule has 0 aliphatic carbocycles. The van der Waals surface area contributed by atoms with Crippen LogP contribution in [0.3, 0.4) is 0 Å². The van der Waals surface area contributed by atoms with Crippen molar-refractivity contribution >= 4 is 29.1 Å². The van der Waals surface area contributed by atoms with E-state index in [-0.39, 0.29) is 17.9 Å². The third-order valence-electron chi connectivity index (χ3n) is 7.69. The van der Waals surface area contributed by atoms with Gasteiger partial charge in [-0.15, -0.1) is 0 Å². The Kier molecular flexibility index (Phi) is 6.53. The lowest BCUT2D eigenvalue weighted by Crippen LogP contribution is -2.57. The van der Waals surface area contributed by atoms with Crippen molar-refractivity contribution in [1.82, 2.24) is 9.80 Å². The number of rotatable bonds is 4. The van der Waals surface area contributed by atoms with Crippen molar-refractivity contribution in [2.75, 3.05) is 51.8 Å². The van der Waals surface area contributed by atoms with Gasteiger partial charge < -0.3 is 24.2 Å². The van der Waals surface area contributed by atoms with Gasteiger partial charge in [-0.1, -0.05) is 17.7 Å². The molecule has 0 saturated carbocycles. The molecule has 3 heterocycles. The molecule has 2 atom stereocenters. The molecule has 2 amide bonds. The van der Waals surface area contributed by atoms with E-state index in [2.05, 4.69) is 11.8 Å². The molecule has 8 heteroatoms. The summed E-state index contributed by atoms with van der Waals surface area (Å²) in [5.41, 5.74) is 3.60. The maximum atomic E-state index is 14.1. The van der Waals surface area contributed by atoms with Crippen molar-refractivity contribution in [1.29, 1.82) is 0 Å². The van der Waals surface area contributed by atoms with Gasteiger partial charge >= 0.3 is 0 Å². The van der Waals surface area contributed by atoms with Crippen LogP contribution in [0.2, 0.25) is 5.02 Å². The zero-order valence-electron chi connectivity index (χ0n) is 20.6. The second-order valence-corrected chi connectivity index (χ2v) is 10.0. The van der Waals surface area contributed by atoms with Gasteiger partial charge in [-0.25, -0.2) is 0 Å². The summed E-state index contributed by atoms with van der Waals surface area (Å²) in [5.74, 6) is 0.720. The predicted molar refractivity (Wildman–Crippen MR) is 136 cm³/mol. The lowest BCUT2D eigenvalue weighted by Gasteiger charge is -2.46. The minimum Gasteiger partial charge on any atom is -0.493 e. The van der Waals surface area contributed by atoms with Gasteiger partial charge in [0.15, 0.2) is 11.5 Å². The molecular weight excluding hydrogens is 466 g/mol. The molecule has 35 heavy (non-hydrogen) atoms. The Bertz CT molecular complexity index is 1150. The number of anilines is 1. The smallest absolute Gasteiger partial charge is 0.254 e. The minimum absolute atomic E-state index is 0.0176. The average Bonchev–Trinajstić information content (AvgIpc) is 2.89. The topological polar surface area (TPSA) is 62.3 Å². The number of carbonyl (C=O) groups excluding carboxylic acids is 2. The van der Waals surface area contributed by atoms with Crippen LogP contribution in [-0.4, -0.2) is 74.6 Å². The summed E-state index contributed by atoms with van der Waals surface area (Å²) in [4.78, 5) is 33.6. The molecule has 2 fully saturated rings. The Morgan fingerprint density at radius 2 is 1.69 bits per heavy atom. The fraction of sp³-hybridized carbons (Fsp3) is 0.481. The van der Waals surface area contributed by atoms with Gasteiger partial charge in [0.2, 0.25) is 5.91 Å². The van der Waals surface area contributed by atoms with Crippen LogP contribution in [0.25, 0.3) is 0 Å². The summed E-state index contributed by atoms with van der Waals surface area (Å²) in [6.07, 6.45) is 2.81. The third kappa shape index (κ3) is 4.20. The van der Waals surface area contributed by atoms with E-state index in [1.807, 2.05) is 34.1 Å². The summed E-state index contributed by atoms with van der Waals surface area (Å²) in [6, 6.07) is 9.39. The van der Waals surface area contributed by atoms with Gasteiger partial charge in [0.05, 0.1) is 20.1 Å². The van der Waals surface area contributed by atoms with Crippen LogP contribution < -0.4 is 14.4 Å². The number of amides is 2. The lowest BCUT2D eigenvalue weighted by atomic mass is 9.78. The van der Waals surface area contributed by atoms with E-state index >= 15 is 0 Å². The van der Waals surface area contributed by atoms with Gasteiger partial charge in [-0.05, 0) is 61.6 Å². The molecule has 2 aromatic carbocycles. The number of fused-ring (bicyclic) bond motifs is 2. The number of ether oxygens (including phenoxy) is 2. The normalized spacial score (nSPS) is 21.9. The second-order valence-electron chi connectivity index (χ2n) is 9.58. The van der Waals surface area contributed by atoms with Crippen molar-refractivity contribution in [3.8, 4) is 11.5 Å². The van der Waals surface area contributed by atoms with Crippen LogP contribution in [-0.2, 0) is 4.79 Å². The zero-order chi connectivity index (χ0) is 24.7. The molecule has 3 aliphatic rings. The second kappa shape index (κ2) is 9.61. The first kappa shape index (κ1) is 23.8. The highest BCUT2D eigenvalue weighted by atomic mass is 35.5. The monoisotopic (exact) mass is 497 g/mol. The summed E-state index contributed by atoms with van der Waals surface area (Å²) in [6.45, 7) is 5.51. The highest BCUT2D eigenvalue weighted by Gasteiger charge is 2.46. The molecule has 186 valence electrons. The quantitative estimate of drug-likeness (QED) is 0.636. The van der Waals surface area contributed by atoms with E-state index in [4.69, 9.17) is 21.1 Å². The fourth-order valence-corrected chi connectivity index (χ4v) is 6.01. The third-order valence-corrected chi connectivity index (χ3v) is 7.92. The number of benzene rings is 2. The van der Waals surface area contributed by atoms with Crippen LogP contribution >= 0.6 is 11.6 Å². The minimum atomic E-state index is -0.401. The van der Waals surface area contributed by atoms with E-state index in [0.717, 1.165) is 43.6 Å². The summed E-state index contributed by atoms with van der Waals surface area (Å²) >= 11 is 6.25. The largest absolute Gasteiger partial charge is 0.493 e. The molecule has 0 spiro atoms. The van der Waals surface area contributed by atoms with Crippen LogP contribution in [0.1, 0.15) is 46.7 Å². The molecule has 2 saturated heterocycles. The first-order valence-electron chi connectivity index (χ1n) is 12.3. The number of halogens is 1. The molecule has 2 unspecified atom stereocenters. The first-order valence-corrected chi connectivity index (χ1v) is 12.7. The van der Waals surface area contributed by atoms with Crippen molar-refractivity contribution in [3.05, 3.63) is 52.0 Å². The number of piperazine rings is 1. The number of hydrogen-bond acceptors (Lipinski definition) is 5. The van der Waals surface area contributed by atoms with Gasteiger partial charge in [0, 0.05) is 55.0 Å². The van der Waals surface area contributed by atoms with Gasteiger partial charge in [0.1, 0.15) is 0 Å². The number of aryl methyl sites for hydroxylation is 1. The molecule has 7 nitrogen and oxygen atoms in total. The molecule has 0 radical (unpaired) electrons. The highest BCUT2D eigenvalue weighted by Crippen LogP contribution is 2.43. The van der Waals surface area contributed by atoms with Crippen LogP contribution in [0, 0.1) is 6.92 Å². The summed E-state index contributed by atoms with van der Waals surface area (Å²) < 4.78 is 11.0. The molecular formula is C27H32ClN3O4. The number of piperidine rings is 1. The molecule has 2 aromatic rings. The van der Waals surface area contributed by atoms with E-state index in [9.17, 15) is 9.59 Å². The average molecular weight is 498 g/mol. The zero-order valence-corrected chi connectivity index (χ0v) is 21.3. The van der Waals surface area contributed by atoms with Crippen molar-refractivity contribution in [2.24, 2.45) is 0 Å². The number of carbonyl (C=O) groups is 2. The van der Waals surface area contributed by atoms with Crippen LogP contribution in [0.15, 0.2) is 30.3 Å². The Morgan fingerprint density at radius 1 is 0.971 bits per heavy atom. The maximum Gasteiger partial charge on any atom is 0.254 e. The van der Waals surface area contributed by atoms with Gasteiger partial charge in [0.25, 0.3) is 5.91 Å². The van der Waals surface area contributed by atoms with E-state index in [1.54, 1.807) is 20.3 Å². The van der Waals surface area contributed by atoms with Crippen molar-refractivity contribution in [3.63, 3.8) is 0 Å². The first-order chi connectivity index (χ1) is 16.9. The molecule has 0 aromatic heterocycles. The molecule has 0 N–H and O–H groups in total. The summed E-state index contributed by atoms with van der Waals surface area (Å²) in [7, 11) is 3.14. The van der Waals surface area contributed by atoms with Crippen molar-refractivity contribution in [2.45, 2.75) is 38.1 Å². The van der Waals surface area contributed by atoms with Crippen LogP contribution in [0.4, 0.5) is 5.69 Å². The number of nitrogens with zero attached hydrogens (tertiary/aromatic N) is 3. The SMILES string of the molecule is COc1cc2c(cc1OC)C(C(=O)N1CCN(c3cc(Cl)ccc3C)CC1)C1CCCCN1C2=O. The Labute approximate surface area is 211 Å². The number of methoxy groups -OCH3 is 2. The Hall–Kier alpha value is -2.93. The molecule has 0 bridgehead atoms. The predicted octanol–water partition coefficient (Wildman–Crippen LogP) is 4.11. The number of hydrogen-bond donors (Lipinski definition) is 0. The van der Waals surface area contributed by atoms with Gasteiger partial charge in [-0.2, -0.15) is 0 Å². The Morgan fingerprint density at radius 3 is 2.40 bits per heavy atom. The summed E-state index contributed by atoms with van der Waals surface area (Å²) in [5, 5.41) is 0.717. The molecule has 3 aliphatic heterocycles. The van der Waals surface area contributed by atoms with E-state index < -0.39 is 5.92 Å². The molecule has 5 rings (SSSR count).